The number of morpholine rings is 1. The summed E-state index contributed by atoms with van der Waals surface area (Å²) in [5.74, 6) is -1.07. The number of halogens is 1. The molecular formula is C22H24FN3O6. The maximum Gasteiger partial charge on any atom is 0.414 e. The molecule has 2 aromatic rings. The number of aliphatic hydroxyl groups is 1. The smallest absolute Gasteiger partial charge is 0.414 e. The average molecular weight is 445 g/mol. The van der Waals surface area contributed by atoms with Gasteiger partial charge in [-0.2, -0.15) is 0 Å². The van der Waals surface area contributed by atoms with Gasteiger partial charge in [-0.05, 0) is 30.3 Å². The second-order valence-electron chi connectivity index (χ2n) is 7.56. The van der Waals surface area contributed by atoms with E-state index in [1.807, 2.05) is 4.90 Å². The maximum absolute atomic E-state index is 14.7. The molecule has 2 heterocycles. The minimum Gasteiger partial charge on any atom is -0.508 e. The van der Waals surface area contributed by atoms with Gasteiger partial charge in [0.1, 0.15) is 17.7 Å². The average Bonchev–Trinajstić information content (AvgIpc) is 3.18. The van der Waals surface area contributed by atoms with Gasteiger partial charge in [0.15, 0.2) is 0 Å². The van der Waals surface area contributed by atoms with Crippen LogP contribution in [0.3, 0.4) is 0 Å². The summed E-state index contributed by atoms with van der Waals surface area (Å²) >= 11 is 0. The molecule has 170 valence electrons. The number of hydrogen-bond donors (Lipinski definition) is 3. The standard InChI is InChI=1S/C22H24FN3O6/c23-18-10-16(3-4-19(18)25-5-7-31-8-6-25)26-12-17(32-22(26)30)11-24-21(29)14-1-2-15(13-27)20(28)9-14/h1-4,9-10,17,27-28H,5-8,11-13H2,(H,24,29)/t17-/m0/s1. The number of aliphatic hydroxyl groups excluding tert-OH is 1. The Bertz CT molecular complexity index is 1010. The van der Waals surface area contributed by atoms with Crippen molar-refractivity contribution in [1.29, 1.82) is 0 Å². The lowest BCUT2D eigenvalue weighted by Crippen LogP contribution is -2.37. The molecule has 2 saturated heterocycles. The first-order chi connectivity index (χ1) is 15.5. The predicted octanol–water partition coefficient (Wildman–Crippen LogP) is 1.62. The Kier molecular flexibility index (Phi) is 6.42. The molecule has 10 heteroatoms. The Balaban J connectivity index is 1.36. The zero-order chi connectivity index (χ0) is 22.7. The van der Waals surface area contributed by atoms with E-state index in [0.717, 1.165) is 0 Å². The van der Waals surface area contributed by atoms with Crippen molar-refractivity contribution < 1.29 is 33.7 Å². The van der Waals surface area contributed by atoms with Crippen molar-refractivity contribution in [3.63, 3.8) is 0 Å². The SMILES string of the molecule is O=C(NC[C@H]1CN(c2ccc(N3CCOCC3)c(F)c2)C(=O)O1)c1ccc(CO)c(O)c1. The lowest BCUT2D eigenvalue weighted by molar-refractivity contribution is 0.0915. The molecule has 0 saturated carbocycles. The van der Waals surface area contributed by atoms with Crippen LogP contribution in [0.15, 0.2) is 36.4 Å². The maximum atomic E-state index is 14.7. The van der Waals surface area contributed by atoms with Crippen LogP contribution in [0.2, 0.25) is 0 Å². The molecule has 2 aliphatic rings. The second kappa shape index (κ2) is 9.41. The van der Waals surface area contributed by atoms with E-state index in [4.69, 9.17) is 14.6 Å². The van der Waals surface area contributed by atoms with Crippen LogP contribution < -0.4 is 15.1 Å². The fourth-order valence-corrected chi connectivity index (χ4v) is 3.71. The van der Waals surface area contributed by atoms with E-state index >= 15 is 0 Å². The third-order valence-electron chi connectivity index (χ3n) is 5.48. The van der Waals surface area contributed by atoms with Gasteiger partial charge in [0, 0.05) is 24.2 Å². The van der Waals surface area contributed by atoms with Gasteiger partial charge in [-0.25, -0.2) is 9.18 Å². The molecule has 2 amide bonds. The Hall–Kier alpha value is -3.37. The zero-order valence-electron chi connectivity index (χ0n) is 17.3. The van der Waals surface area contributed by atoms with Gasteiger partial charge >= 0.3 is 6.09 Å². The van der Waals surface area contributed by atoms with Crippen LogP contribution in [0, 0.1) is 5.82 Å². The van der Waals surface area contributed by atoms with Crippen molar-refractivity contribution in [3.8, 4) is 5.75 Å². The summed E-state index contributed by atoms with van der Waals surface area (Å²) in [5.41, 5.74) is 1.36. The number of anilines is 2. The van der Waals surface area contributed by atoms with Gasteiger partial charge in [-0.3, -0.25) is 9.69 Å². The van der Waals surface area contributed by atoms with Gasteiger partial charge in [-0.15, -0.1) is 0 Å². The highest BCUT2D eigenvalue weighted by atomic mass is 19.1. The number of benzene rings is 2. The van der Waals surface area contributed by atoms with E-state index in [-0.39, 0.29) is 31.0 Å². The highest BCUT2D eigenvalue weighted by Crippen LogP contribution is 2.28. The fraction of sp³-hybridized carbons (Fsp3) is 0.364. The molecular weight excluding hydrogens is 421 g/mol. The molecule has 4 rings (SSSR count). The number of carbonyl (C=O) groups is 2. The quantitative estimate of drug-likeness (QED) is 0.620. The van der Waals surface area contributed by atoms with Gasteiger partial charge in [0.05, 0.1) is 44.3 Å². The lowest BCUT2D eigenvalue weighted by atomic mass is 10.1. The minimum atomic E-state index is -0.618. The Labute approximate surface area is 183 Å². The summed E-state index contributed by atoms with van der Waals surface area (Å²) in [6, 6.07) is 8.80. The van der Waals surface area contributed by atoms with Crippen molar-refractivity contribution in [1.82, 2.24) is 5.32 Å². The predicted molar refractivity (Wildman–Crippen MR) is 113 cm³/mol. The monoisotopic (exact) mass is 445 g/mol. The first-order valence-corrected chi connectivity index (χ1v) is 10.3. The number of phenols is 1. The van der Waals surface area contributed by atoms with Gasteiger partial charge < -0.3 is 29.9 Å². The number of ether oxygens (including phenoxy) is 2. The van der Waals surface area contributed by atoms with E-state index in [1.165, 1.54) is 29.2 Å². The number of cyclic esters (lactones) is 1. The summed E-state index contributed by atoms with van der Waals surface area (Å²) in [5, 5.41) is 21.5. The van der Waals surface area contributed by atoms with E-state index in [0.29, 0.717) is 43.2 Å². The molecule has 0 aliphatic carbocycles. The third kappa shape index (κ3) is 4.61. The molecule has 0 aromatic heterocycles. The molecule has 3 N–H and O–H groups in total. The molecule has 0 bridgehead atoms. The van der Waals surface area contributed by atoms with Crippen LogP contribution in [0.4, 0.5) is 20.6 Å². The summed E-state index contributed by atoms with van der Waals surface area (Å²) in [6.45, 7) is 2.16. The summed E-state index contributed by atoms with van der Waals surface area (Å²) < 4.78 is 25.3. The minimum absolute atomic E-state index is 0.0535. The van der Waals surface area contributed by atoms with Gasteiger partial charge in [0.25, 0.3) is 5.91 Å². The number of carbonyl (C=O) groups excluding carboxylic acids is 2. The molecule has 0 unspecified atom stereocenters. The van der Waals surface area contributed by atoms with Crippen LogP contribution in [0.5, 0.6) is 5.75 Å². The van der Waals surface area contributed by atoms with Crippen LogP contribution in [0.25, 0.3) is 0 Å². The highest BCUT2D eigenvalue weighted by Gasteiger charge is 2.33. The largest absolute Gasteiger partial charge is 0.508 e. The molecule has 32 heavy (non-hydrogen) atoms. The summed E-state index contributed by atoms with van der Waals surface area (Å²) in [4.78, 5) is 27.8. The number of nitrogens with one attached hydrogen (secondary N) is 1. The van der Waals surface area contributed by atoms with Crippen molar-refractivity contribution in [2.45, 2.75) is 12.7 Å². The van der Waals surface area contributed by atoms with Crippen molar-refractivity contribution in [2.24, 2.45) is 0 Å². The molecule has 9 nitrogen and oxygen atoms in total. The molecule has 2 aromatic carbocycles. The Morgan fingerprint density at radius 3 is 2.66 bits per heavy atom. The number of amides is 2. The van der Waals surface area contributed by atoms with Gasteiger partial charge in [0.2, 0.25) is 0 Å². The first kappa shape index (κ1) is 21.8. The topological polar surface area (TPSA) is 112 Å². The van der Waals surface area contributed by atoms with Crippen LogP contribution in [0.1, 0.15) is 15.9 Å². The lowest BCUT2D eigenvalue weighted by Gasteiger charge is -2.29. The normalized spacial score (nSPS) is 18.6. The van der Waals surface area contributed by atoms with Crippen molar-refractivity contribution in [2.75, 3.05) is 49.2 Å². The van der Waals surface area contributed by atoms with E-state index < -0.39 is 23.9 Å². The number of nitrogens with zero attached hydrogens (tertiary/aromatic N) is 2. The Morgan fingerprint density at radius 1 is 1.19 bits per heavy atom. The van der Waals surface area contributed by atoms with Gasteiger partial charge in [-0.1, -0.05) is 6.07 Å². The van der Waals surface area contributed by atoms with Crippen molar-refractivity contribution in [3.05, 3.63) is 53.3 Å². The first-order valence-electron chi connectivity index (χ1n) is 10.3. The van der Waals surface area contributed by atoms with Crippen LogP contribution >= 0.6 is 0 Å². The van der Waals surface area contributed by atoms with Crippen LogP contribution in [-0.4, -0.2) is 67.7 Å². The number of hydrogen-bond acceptors (Lipinski definition) is 7. The molecule has 2 aliphatic heterocycles. The van der Waals surface area contributed by atoms with E-state index in [1.54, 1.807) is 12.1 Å². The summed E-state index contributed by atoms with van der Waals surface area (Å²) in [7, 11) is 0. The third-order valence-corrected chi connectivity index (χ3v) is 5.48. The number of rotatable bonds is 6. The summed E-state index contributed by atoms with van der Waals surface area (Å²) in [6.07, 6.45) is -1.23. The molecule has 0 spiro atoms. The van der Waals surface area contributed by atoms with E-state index in [9.17, 15) is 19.1 Å². The van der Waals surface area contributed by atoms with Crippen LogP contribution in [-0.2, 0) is 16.1 Å². The molecule has 0 radical (unpaired) electrons. The molecule has 2 fully saturated rings. The highest BCUT2D eigenvalue weighted by molar-refractivity contribution is 5.95. The Morgan fingerprint density at radius 2 is 1.97 bits per heavy atom. The number of aromatic hydroxyl groups is 1. The molecule has 1 atom stereocenters. The fourth-order valence-electron chi connectivity index (χ4n) is 3.71. The zero-order valence-corrected chi connectivity index (χ0v) is 17.3. The van der Waals surface area contributed by atoms with E-state index in [2.05, 4.69) is 5.32 Å². The second-order valence-corrected chi connectivity index (χ2v) is 7.56. The van der Waals surface area contributed by atoms with Crippen molar-refractivity contribution >= 4 is 23.4 Å².